The van der Waals surface area contributed by atoms with E-state index in [0.29, 0.717) is 5.02 Å². The second-order valence-electron chi connectivity index (χ2n) is 3.95. The first-order chi connectivity index (χ1) is 8.52. The molecule has 0 bridgehead atoms. The molecule has 1 N–H and O–H groups in total. The van der Waals surface area contributed by atoms with Crippen molar-refractivity contribution in [2.45, 2.75) is 26.3 Å². The average molecular weight is 285 g/mol. The maximum absolute atomic E-state index is 11.1. The maximum atomic E-state index is 11.1. The van der Waals surface area contributed by atoms with E-state index in [2.05, 4.69) is 11.9 Å². The van der Waals surface area contributed by atoms with Crippen LogP contribution in [0.4, 0.5) is 0 Å². The number of carboxylic acids is 1. The van der Waals surface area contributed by atoms with Crippen molar-refractivity contribution in [1.82, 2.24) is 9.55 Å². The van der Waals surface area contributed by atoms with Crippen molar-refractivity contribution in [3.05, 3.63) is 39.1 Å². The lowest BCUT2D eigenvalue weighted by Crippen LogP contribution is -2.12. The summed E-state index contributed by atoms with van der Waals surface area (Å²) in [4.78, 5) is 16.7. The number of carbonyl (C=O) groups is 1. The first-order valence-electron chi connectivity index (χ1n) is 5.58. The van der Waals surface area contributed by atoms with E-state index in [-0.39, 0.29) is 11.7 Å². The minimum Gasteiger partial charge on any atom is -0.477 e. The standard InChI is InChI=1S/C12H13ClN2O2S/c1-3-9-5-14-11(18-9)7(2)15-6-8(13)4-10(15)12(16)17/h4-7H,3H2,1-2H3,(H,16,17). The molecule has 2 heterocycles. The van der Waals surface area contributed by atoms with Gasteiger partial charge in [0.1, 0.15) is 10.7 Å². The van der Waals surface area contributed by atoms with Crippen molar-refractivity contribution in [2.75, 3.05) is 0 Å². The molecular formula is C12H13ClN2O2S. The van der Waals surface area contributed by atoms with Gasteiger partial charge >= 0.3 is 5.97 Å². The third kappa shape index (κ3) is 2.42. The molecule has 0 amide bonds. The number of aromatic nitrogens is 2. The predicted molar refractivity (Wildman–Crippen MR) is 71.7 cm³/mol. The summed E-state index contributed by atoms with van der Waals surface area (Å²) in [7, 11) is 0. The Kier molecular flexibility index (Phi) is 3.73. The third-order valence-electron chi connectivity index (χ3n) is 2.73. The molecule has 0 aromatic carbocycles. The van der Waals surface area contributed by atoms with Crippen LogP contribution in [0.3, 0.4) is 0 Å². The van der Waals surface area contributed by atoms with E-state index in [9.17, 15) is 4.79 Å². The Morgan fingerprint density at radius 2 is 2.39 bits per heavy atom. The molecule has 18 heavy (non-hydrogen) atoms. The highest BCUT2D eigenvalue weighted by Gasteiger charge is 2.19. The summed E-state index contributed by atoms with van der Waals surface area (Å²) >= 11 is 7.47. The second-order valence-corrected chi connectivity index (χ2v) is 5.53. The largest absolute Gasteiger partial charge is 0.477 e. The van der Waals surface area contributed by atoms with Crippen LogP contribution < -0.4 is 0 Å². The number of nitrogens with zero attached hydrogens (tertiary/aromatic N) is 2. The lowest BCUT2D eigenvalue weighted by molar-refractivity contribution is 0.0684. The van der Waals surface area contributed by atoms with Crippen LogP contribution in [0.1, 0.15) is 40.3 Å². The minimum absolute atomic E-state index is 0.131. The first kappa shape index (κ1) is 13.1. The third-order valence-corrected chi connectivity index (χ3v) is 4.25. The number of hydrogen-bond donors (Lipinski definition) is 1. The molecule has 2 rings (SSSR count). The van der Waals surface area contributed by atoms with E-state index in [0.717, 1.165) is 11.4 Å². The zero-order valence-electron chi connectivity index (χ0n) is 10.1. The molecule has 0 aliphatic carbocycles. The summed E-state index contributed by atoms with van der Waals surface area (Å²) < 4.78 is 1.64. The van der Waals surface area contributed by atoms with Crippen LogP contribution in [0.25, 0.3) is 0 Å². The van der Waals surface area contributed by atoms with Crippen molar-refractivity contribution in [3.63, 3.8) is 0 Å². The Morgan fingerprint density at radius 1 is 1.67 bits per heavy atom. The Hall–Kier alpha value is -1.33. The normalized spacial score (nSPS) is 12.6. The highest BCUT2D eigenvalue weighted by atomic mass is 35.5. The molecule has 96 valence electrons. The Bertz CT molecular complexity index is 576. The summed E-state index contributed by atoms with van der Waals surface area (Å²) in [5.74, 6) is -0.985. The molecular weight excluding hydrogens is 272 g/mol. The van der Waals surface area contributed by atoms with E-state index in [1.54, 1.807) is 22.1 Å². The van der Waals surface area contributed by atoms with Gasteiger partial charge in [0.25, 0.3) is 0 Å². The van der Waals surface area contributed by atoms with Crippen LogP contribution in [0.15, 0.2) is 18.5 Å². The Morgan fingerprint density at radius 3 is 2.94 bits per heavy atom. The highest BCUT2D eigenvalue weighted by molar-refractivity contribution is 7.11. The molecule has 0 spiro atoms. The molecule has 2 aromatic heterocycles. The number of hydrogen-bond acceptors (Lipinski definition) is 3. The van der Waals surface area contributed by atoms with Crippen LogP contribution in [-0.2, 0) is 6.42 Å². The fraction of sp³-hybridized carbons (Fsp3) is 0.333. The van der Waals surface area contributed by atoms with Gasteiger partial charge in [0, 0.05) is 17.3 Å². The van der Waals surface area contributed by atoms with E-state index >= 15 is 0 Å². The SMILES string of the molecule is CCc1cnc(C(C)n2cc(Cl)cc2C(=O)O)s1. The molecule has 0 saturated carbocycles. The monoisotopic (exact) mass is 284 g/mol. The van der Waals surface area contributed by atoms with Gasteiger partial charge in [0.2, 0.25) is 0 Å². The van der Waals surface area contributed by atoms with Gasteiger partial charge in [0.15, 0.2) is 0 Å². The number of carboxylic acid groups (broad SMARTS) is 1. The lowest BCUT2D eigenvalue weighted by atomic mass is 10.3. The predicted octanol–water partition coefficient (Wildman–Crippen LogP) is 3.47. The molecule has 0 aliphatic rings. The van der Waals surface area contributed by atoms with Crippen molar-refractivity contribution < 1.29 is 9.90 Å². The summed E-state index contributed by atoms with van der Waals surface area (Å²) in [5, 5.41) is 10.4. The molecule has 0 aliphatic heterocycles. The van der Waals surface area contributed by atoms with Gasteiger partial charge in [-0.1, -0.05) is 18.5 Å². The Labute approximate surface area is 114 Å². The maximum Gasteiger partial charge on any atom is 0.352 e. The van der Waals surface area contributed by atoms with Crippen molar-refractivity contribution in [3.8, 4) is 0 Å². The first-order valence-corrected chi connectivity index (χ1v) is 6.77. The van der Waals surface area contributed by atoms with Crippen LogP contribution in [-0.4, -0.2) is 20.6 Å². The molecule has 4 nitrogen and oxygen atoms in total. The van der Waals surface area contributed by atoms with Crippen molar-refractivity contribution in [2.24, 2.45) is 0 Å². The number of rotatable bonds is 4. The molecule has 6 heteroatoms. The van der Waals surface area contributed by atoms with E-state index in [4.69, 9.17) is 16.7 Å². The van der Waals surface area contributed by atoms with Gasteiger partial charge < -0.3 is 9.67 Å². The van der Waals surface area contributed by atoms with Gasteiger partial charge in [-0.2, -0.15) is 0 Å². The summed E-state index contributed by atoms with van der Waals surface area (Å²) in [6.07, 6.45) is 4.40. The summed E-state index contributed by atoms with van der Waals surface area (Å²) in [6.45, 7) is 3.98. The number of halogens is 1. The zero-order chi connectivity index (χ0) is 13.3. The van der Waals surface area contributed by atoms with E-state index in [1.807, 2.05) is 13.1 Å². The quantitative estimate of drug-likeness (QED) is 0.935. The summed E-state index contributed by atoms with van der Waals surface area (Å²) in [6, 6.07) is 1.32. The van der Waals surface area contributed by atoms with Crippen LogP contribution in [0.2, 0.25) is 5.02 Å². The Balaban J connectivity index is 2.38. The van der Waals surface area contributed by atoms with E-state index in [1.165, 1.54) is 10.9 Å². The molecule has 0 saturated heterocycles. The van der Waals surface area contributed by atoms with Gasteiger partial charge in [-0.3, -0.25) is 0 Å². The van der Waals surface area contributed by atoms with Gasteiger partial charge in [-0.15, -0.1) is 11.3 Å². The van der Waals surface area contributed by atoms with E-state index < -0.39 is 5.97 Å². The molecule has 2 aromatic rings. The minimum atomic E-state index is -0.985. The number of thiazole rings is 1. The van der Waals surface area contributed by atoms with Crippen molar-refractivity contribution in [1.29, 1.82) is 0 Å². The lowest BCUT2D eigenvalue weighted by Gasteiger charge is -2.12. The van der Waals surface area contributed by atoms with Crippen LogP contribution >= 0.6 is 22.9 Å². The second kappa shape index (κ2) is 5.12. The molecule has 1 unspecified atom stereocenters. The van der Waals surface area contributed by atoms with Gasteiger partial charge in [-0.05, 0) is 19.4 Å². The van der Waals surface area contributed by atoms with Gasteiger partial charge in [0.05, 0.1) is 11.1 Å². The van der Waals surface area contributed by atoms with Crippen molar-refractivity contribution >= 4 is 28.9 Å². The average Bonchev–Trinajstić information content (AvgIpc) is 2.94. The fourth-order valence-corrected chi connectivity index (χ4v) is 2.85. The molecule has 1 atom stereocenters. The van der Waals surface area contributed by atoms with Crippen LogP contribution in [0, 0.1) is 0 Å². The topological polar surface area (TPSA) is 55.1 Å². The highest BCUT2D eigenvalue weighted by Crippen LogP contribution is 2.27. The smallest absolute Gasteiger partial charge is 0.352 e. The number of aryl methyl sites for hydroxylation is 1. The summed E-state index contributed by atoms with van der Waals surface area (Å²) in [5.41, 5.74) is 0.181. The molecule has 0 fully saturated rings. The molecule has 0 radical (unpaired) electrons. The van der Waals surface area contributed by atoms with Crippen LogP contribution in [0.5, 0.6) is 0 Å². The van der Waals surface area contributed by atoms with Gasteiger partial charge in [-0.25, -0.2) is 9.78 Å². The zero-order valence-corrected chi connectivity index (χ0v) is 11.6. The number of aromatic carboxylic acids is 1. The fourth-order valence-electron chi connectivity index (χ4n) is 1.74.